The van der Waals surface area contributed by atoms with Gasteiger partial charge in [-0.25, -0.2) is 4.79 Å². The minimum absolute atomic E-state index is 0.452. The van der Waals surface area contributed by atoms with Gasteiger partial charge in [0, 0.05) is 10.9 Å². The van der Waals surface area contributed by atoms with Gasteiger partial charge in [-0.2, -0.15) is 14.4 Å². The Bertz CT molecular complexity index is 947. The van der Waals surface area contributed by atoms with Crippen LogP contribution < -0.4 is 10.7 Å². The highest BCUT2D eigenvalue weighted by atomic mass is 32.1. The number of urea groups is 1. The van der Waals surface area contributed by atoms with Gasteiger partial charge in [-0.05, 0) is 34.8 Å². The van der Waals surface area contributed by atoms with E-state index in [1.54, 1.807) is 0 Å². The van der Waals surface area contributed by atoms with E-state index < -0.39 is 6.03 Å². The molecule has 2 aromatic carbocycles. The van der Waals surface area contributed by atoms with E-state index in [2.05, 4.69) is 14.4 Å². The molecule has 0 saturated heterocycles. The molecule has 1 aliphatic heterocycles. The van der Waals surface area contributed by atoms with Gasteiger partial charge in [0.2, 0.25) is 0 Å². The quantitative estimate of drug-likeness (QED) is 0.729. The molecule has 0 N–H and O–H groups in total. The van der Waals surface area contributed by atoms with E-state index in [9.17, 15) is 4.79 Å². The topological polar surface area (TPSA) is 54.7 Å². The Hall–Kier alpha value is -2.66. The summed E-state index contributed by atoms with van der Waals surface area (Å²) in [5, 5.41) is 3.15. The van der Waals surface area contributed by atoms with Crippen molar-refractivity contribution in [2.45, 2.75) is 0 Å². The molecular formula is C16H9N3OS. The maximum atomic E-state index is 11.5. The summed E-state index contributed by atoms with van der Waals surface area (Å²) in [6.45, 7) is 0. The van der Waals surface area contributed by atoms with Crippen molar-refractivity contribution in [3.63, 3.8) is 0 Å². The molecule has 100 valence electrons. The van der Waals surface area contributed by atoms with Crippen LogP contribution in [0.5, 0.6) is 0 Å². The number of benzene rings is 2. The maximum Gasteiger partial charge on any atom is 0.368 e. The first-order chi connectivity index (χ1) is 10.3. The summed E-state index contributed by atoms with van der Waals surface area (Å²) in [4.78, 5) is 19.5. The monoisotopic (exact) mass is 291 g/mol. The average Bonchev–Trinajstić information content (AvgIpc) is 3.15. The van der Waals surface area contributed by atoms with Gasteiger partial charge in [0.05, 0.1) is 11.1 Å². The van der Waals surface area contributed by atoms with Crippen molar-refractivity contribution < 1.29 is 4.79 Å². The van der Waals surface area contributed by atoms with Gasteiger partial charge in [-0.3, -0.25) is 0 Å². The van der Waals surface area contributed by atoms with Crippen molar-refractivity contribution >= 4 is 17.6 Å². The van der Waals surface area contributed by atoms with Crippen LogP contribution in [0.2, 0.25) is 0 Å². The summed E-state index contributed by atoms with van der Waals surface area (Å²) in [5.41, 5.74) is 3.77. The van der Waals surface area contributed by atoms with Crippen LogP contribution in [-0.4, -0.2) is 10.4 Å². The molecule has 0 fully saturated rings. The lowest BCUT2D eigenvalue weighted by Gasteiger charge is -2.07. The highest BCUT2D eigenvalue weighted by Gasteiger charge is 2.17. The van der Waals surface area contributed by atoms with E-state index in [1.807, 2.05) is 53.9 Å². The smallest absolute Gasteiger partial charge is 0.244 e. The number of carbonyl (C=O) groups is 1. The molecular weight excluding hydrogens is 282 g/mol. The van der Waals surface area contributed by atoms with Crippen LogP contribution in [0.1, 0.15) is 0 Å². The van der Waals surface area contributed by atoms with Crippen LogP contribution in [0.15, 0.2) is 63.9 Å². The Morgan fingerprint density at radius 1 is 0.905 bits per heavy atom. The fourth-order valence-corrected chi connectivity index (χ4v) is 2.98. The number of amides is 2. The van der Waals surface area contributed by atoms with Crippen LogP contribution >= 0.6 is 11.5 Å². The van der Waals surface area contributed by atoms with Crippen LogP contribution in [0, 0.1) is 0 Å². The van der Waals surface area contributed by atoms with Crippen molar-refractivity contribution in [2.24, 2.45) is 9.98 Å². The zero-order valence-corrected chi connectivity index (χ0v) is 11.7. The second kappa shape index (κ2) is 4.71. The molecule has 1 aliphatic rings. The minimum atomic E-state index is -0.452. The number of nitrogens with zero attached hydrogens (tertiary/aromatic N) is 3. The zero-order chi connectivity index (χ0) is 14.2. The van der Waals surface area contributed by atoms with Crippen molar-refractivity contribution in [3.8, 4) is 22.4 Å². The number of fused-ring (bicyclic) bond motifs is 1. The second-order valence-corrected chi connectivity index (χ2v) is 5.28. The second-order valence-electron chi connectivity index (χ2n) is 4.61. The van der Waals surface area contributed by atoms with Gasteiger partial charge in [0.25, 0.3) is 0 Å². The zero-order valence-electron chi connectivity index (χ0n) is 10.9. The molecule has 0 bridgehead atoms. The van der Waals surface area contributed by atoms with Crippen molar-refractivity contribution in [3.05, 3.63) is 64.6 Å². The van der Waals surface area contributed by atoms with Crippen LogP contribution in [-0.2, 0) is 0 Å². The molecule has 0 unspecified atom stereocenters. The number of rotatable bonds is 2. The summed E-state index contributed by atoms with van der Waals surface area (Å²) in [6.07, 6.45) is 0. The maximum absolute atomic E-state index is 11.5. The third-order valence-electron chi connectivity index (χ3n) is 3.36. The molecule has 1 aromatic heterocycles. The third kappa shape index (κ3) is 1.98. The molecule has 0 saturated carbocycles. The summed E-state index contributed by atoms with van der Waals surface area (Å²) < 4.78 is 4.40. The minimum Gasteiger partial charge on any atom is -0.244 e. The molecule has 3 aromatic rings. The highest BCUT2D eigenvalue weighted by molar-refractivity contribution is 7.03. The van der Waals surface area contributed by atoms with E-state index in [0.29, 0.717) is 10.7 Å². The van der Waals surface area contributed by atoms with Crippen molar-refractivity contribution in [2.75, 3.05) is 0 Å². The molecule has 0 aliphatic carbocycles. The first kappa shape index (κ1) is 12.1. The average molecular weight is 291 g/mol. The molecule has 4 rings (SSSR count). The van der Waals surface area contributed by atoms with Crippen LogP contribution in [0.4, 0.5) is 4.79 Å². The van der Waals surface area contributed by atoms with Gasteiger partial charge >= 0.3 is 6.03 Å². The summed E-state index contributed by atoms with van der Waals surface area (Å²) in [6, 6.07) is 15.3. The molecule has 4 nitrogen and oxygen atoms in total. The summed E-state index contributed by atoms with van der Waals surface area (Å²) in [5.74, 6) is 0. The number of hydrogen-bond acceptors (Lipinski definition) is 3. The highest BCUT2D eigenvalue weighted by Crippen LogP contribution is 2.28. The molecule has 5 heteroatoms. The van der Waals surface area contributed by atoms with Gasteiger partial charge in [0.1, 0.15) is 5.36 Å². The number of hydrogen-bond donors (Lipinski definition) is 0. The first-order valence-corrected chi connectivity index (χ1v) is 7.27. The van der Waals surface area contributed by atoms with E-state index >= 15 is 0 Å². The number of aromatic nitrogens is 1. The molecule has 0 spiro atoms. The SMILES string of the molecule is O=C1N=c2ccc(-c3ccccc3)c(-c3ccsn3)c2=N1. The molecule has 0 radical (unpaired) electrons. The van der Waals surface area contributed by atoms with Crippen molar-refractivity contribution in [1.29, 1.82) is 0 Å². The summed E-state index contributed by atoms with van der Waals surface area (Å²) in [7, 11) is 0. The van der Waals surface area contributed by atoms with E-state index in [-0.39, 0.29) is 0 Å². The lowest BCUT2D eigenvalue weighted by atomic mass is 9.97. The van der Waals surface area contributed by atoms with Gasteiger partial charge in [-0.1, -0.05) is 36.4 Å². The Morgan fingerprint density at radius 2 is 1.76 bits per heavy atom. The molecule has 2 heterocycles. The Labute approximate surface area is 124 Å². The Morgan fingerprint density at radius 3 is 2.52 bits per heavy atom. The number of carbonyl (C=O) groups excluding carboxylic acids is 1. The Balaban J connectivity index is 2.11. The summed E-state index contributed by atoms with van der Waals surface area (Å²) >= 11 is 1.38. The van der Waals surface area contributed by atoms with Crippen molar-refractivity contribution in [1.82, 2.24) is 4.37 Å². The molecule has 21 heavy (non-hydrogen) atoms. The van der Waals surface area contributed by atoms with E-state index in [0.717, 1.165) is 22.4 Å². The molecule has 2 amide bonds. The standard InChI is InChI=1S/C16H9N3OS/c20-16-17-13-7-6-11(10-4-2-1-3-5-10)14(15(13)18-16)12-8-9-21-19-12/h1-9H. The normalized spacial score (nSPS) is 12.7. The predicted molar refractivity (Wildman–Crippen MR) is 80.7 cm³/mol. The van der Waals surface area contributed by atoms with E-state index in [4.69, 9.17) is 0 Å². The van der Waals surface area contributed by atoms with Crippen LogP contribution in [0.25, 0.3) is 22.4 Å². The largest absolute Gasteiger partial charge is 0.368 e. The Kier molecular flexibility index (Phi) is 2.72. The van der Waals surface area contributed by atoms with Gasteiger partial charge < -0.3 is 0 Å². The fraction of sp³-hybridized carbons (Fsp3) is 0. The fourth-order valence-electron chi connectivity index (χ4n) is 2.47. The first-order valence-electron chi connectivity index (χ1n) is 6.43. The van der Waals surface area contributed by atoms with Gasteiger partial charge in [0.15, 0.2) is 0 Å². The lowest BCUT2D eigenvalue weighted by Crippen LogP contribution is -2.24. The van der Waals surface area contributed by atoms with Gasteiger partial charge in [-0.15, -0.1) is 0 Å². The predicted octanol–water partition coefficient (Wildman–Crippen LogP) is 2.85. The van der Waals surface area contributed by atoms with Crippen LogP contribution in [0.3, 0.4) is 0 Å². The molecule has 0 atom stereocenters. The third-order valence-corrected chi connectivity index (χ3v) is 3.92. The lowest BCUT2D eigenvalue weighted by molar-refractivity contribution is 0.256. The van der Waals surface area contributed by atoms with E-state index in [1.165, 1.54) is 11.5 Å².